The second-order valence-corrected chi connectivity index (χ2v) is 23.5. The molecule has 1 aliphatic carbocycles. The number of aliphatic carboxylic acids is 1. The number of benzene rings is 2. The number of ether oxygens (including phenoxy) is 8. The predicted molar refractivity (Wildman–Crippen MR) is 284 cm³/mol. The van der Waals surface area contributed by atoms with Crippen LogP contribution in [0.4, 0.5) is 5.69 Å². The molecule has 2 heterocycles. The Morgan fingerprint density at radius 3 is 1.80 bits per heavy atom. The largest absolute Gasteiger partial charge is 0.481 e. The van der Waals surface area contributed by atoms with Crippen molar-refractivity contribution in [2.45, 2.75) is 69.1 Å². The van der Waals surface area contributed by atoms with E-state index in [9.17, 15) is 43.7 Å². The quantitative estimate of drug-likeness (QED) is 0.0347. The van der Waals surface area contributed by atoms with Crippen molar-refractivity contribution in [3.8, 4) is 11.3 Å². The number of nitrogens with zero attached hydrogens (tertiary/aromatic N) is 2. The molecule has 4 rings (SSSR count). The summed E-state index contributed by atoms with van der Waals surface area (Å²) in [6.07, 6.45) is 5.74. The lowest BCUT2D eigenvalue weighted by Gasteiger charge is -2.30. The number of methoxy groups -OCH3 is 1. The number of carboxylic acid groups (broad SMARTS) is 1. The van der Waals surface area contributed by atoms with E-state index in [1.807, 2.05) is 46.7 Å². The van der Waals surface area contributed by atoms with Crippen LogP contribution in [-0.2, 0) is 83.9 Å². The highest BCUT2D eigenvalue weighted by Gasteiger charge is 2.44. The Hall–Kier alpha value is -4.19. The Morgan fingerprint density at radius 2 is 1.25 bits per heavy atom. The van der Waals surface area contributed by atoms with E-state index < -0.39 is 53.2 Å². The fourth-order valence-corrected chi connectivity index (χ4v) is 9.79. The zero-order valence-corrected chi connectivity index (χ0v) is 46.6. The van der Waals surface area contributed by atoms with Gasteiger partial charge in [0.2, 0.25) is 5.36 Å². The summed E-state index contributed by atoms with van der Waals surface area (Å²) < 4.78 is 154. The number of carboxylic acids is 1. The maximum atomic E-state index is 12.5. The third-order valence-electron chi connectivity index (χ3n) is 12.1. The van der Waals surface area contributed by atoms with Crippen molar-refractivity contribution in [1.82, 2.24) is 4.58 Å². The van der Waals surface area contributed by atoms with Crippen molar-refractivity contribution >= 4 is 48.1 Å². The molecule has 0 fully saturated rings. The molecule has 3 aliphatic rings. The fourth-order valence-electron chi connectivity index (χ4n) is 8.29. The molecule has 1 atom stereocenters. The Morgan fingerprint density at radius 1 is 0.697 bits per heavy atom. The number of allylic oxidation sites excluding steroid dienone is 3. The monoisotopic (exact) mass is 1130 g/mol. The van der Waals surface area contributed by atoms with E-state index in [-0.39, 0.29) is 95.5 Å². The number of hydrogen-bond donors (Lipinski definition) is 4. The molecular weight excluding hydrogens is 1060 g/mol. The molecule has 0 saturated heterocycles. The molecule has 4 N–H and O–H groups in total. The zero-order chi connectivity index (χ0) is 55.8. The molecule has 0 bridgehead atoms. The summed E-state index contributed by atoms with van der Waals surface area (Å²) in [5, 5.41) is 9.42. The molecule has 0 spiro atoms. The Labute approximate surface area is 447 Å². The minimum absolute atomic E-state index is 0.0152. The van der Waals surface area contributed by atoms with Gasteiger partial charge in [0, 0.05) is 55.1 Å². The van der Waals surface area contributed by atoms with E-state index >= 15 is 0 Å². The maximum absolute atomic E-state index is 12.5. The number of carbonyl (C=O) groups is 1. The normalized spacial score (nSPS) is 16.4. The number of fused-ring (bicyclic) bond motifs is 2. The van der Waals surface area contributed by atoms with Gasteiger partial charge in [-0.2, -0.15) is 25.3 Å². The minimum atomic E-state index is -4.63. The lowest BCUT2D eigenvalue weighted by Crippen LogP contribution is -2.35. The Kier molecular flexibility index (Phi) is 26.6. The Balaban J connectivity index is 1.64. The smallest absolute Gasteiger partial charge is 0.305 e. The first-order valence-electron chi connectivity index (χ1n) is 25.0. The van der Waals surface area contributed by atoms with Gasteiger partial charge < -0.3 is 52.3 Å². The van der Waals surface area contributed by atoms with Crippen molar-refractivity contribution in [2.75, 3.05) is 142 Å². The van der Waals surface area contributed by atoms with Crippen molar-refractivity contribution in [3.05, 3.63) is 82.6 Å². The summed E-state index contributed by atoms with van der Waals surface area (Å²) in [7, 11) is -11.6. The highest BCUT2D eigenvalue weighted by atomic mass is 32.2. The van der Waals surface area contributed by atoms with Crippen molar-refractivity contribution in [1.29, 1.82) is 0 Å². The molecule has 1 aromatic carbocycles. The first-order chi connectivity index (χ1) is 35.9. The summed E-state index contributed by atoms with van der Waals surface area (Å²) >= 11 is 0. The lowest BCUT2D eigenvalue weighted by atomic mass is 9.78. The van der Waals surface area contributed by atoms with Gasteiger partial charge in [-0.05, 0) is 78.8 Å². The first kappa shape index (κ1) is 64.3. The molecule has 0 aromatic heterocycles. The SMILES string of the molecule is COCCOCCOCCOCC[N+](CCCS(=O)(=O)O)=c1ccc2c(C(C)(C)C)cc(/C=C/C=C3/N(CCCS(=O)(=O)O)c4ccc(S(=O)(=O)O)cc4C3(C)CCOCCOCCOCCOCCC(=O)O)oc-2c1. The number of hydrogen-bond acceptors (Lipinski definition) is 17. The molecule has 0 saturated carbocycles. The molecule has 428 valence electrons. The summed E-state index contributed by atoms with van der Waals surface area (Å²) in [5.41, 5.74) is 2.23. The van der Waals surface area contributed by atoms with Crippen LogP contribution in [0.25, 0.3) is 17.4 Å². The van der Waals surface area contributed by atoms with Crippen LogP contribution < -0.4 is 14.8 Å². The van der Waals surface area contributed by atoms with Gasteiger partial charge >= 0.3 is 5.97 Å². The summed E-state index contributed by atoms with van der Waals surface area (Å²) in [5.74, 6) is -0.893. The fraction of sp³-hybridized carbons (Fsp3) is 0.608. The molecule has 1 aromatic rings. The molecule has 0 amide bonds. The summed E-state index contributed by atoms with van der Waals surface area (Å²) in [4.78, 5) is 12.1. The molecular formula is C51H77N2O20S3+. The molecule has 2 aliphatic heterocycles. The molecule has 22 nitrogen and oxygen atoms in total. The van der Waals surface area contributed by atoms with Crippen molar-refractivity contribution in [2.24, 2.45) is 0 Å². The Bertz CT molecular complexity index is 2740. The second-order valence-electron chi connectivity index (χ2n) is 19.0. The van der Waals surface area contributed by atoms with E-state index in [1.165, 1.54) is 12.1 Å². The third-order valence-corrected chi connectivity index (χ3v) is 14.5. The number of anilines is 1. The first-order valence-corrected chi connectivity index (χ1v) is 29.7. The average Bonchev–Trinajstić information content (AvgIpc) is 3.56. The van der Waals surface area contributed by atoms with Crippen LogP contribution in [0.2, 0.25) is 0 Å². The standard InChI is InChI=1S/C51H76N2O20S3/c1-50(2,3)44-38-41(73-47-37-40(11-13-43(44)47)52(17-7-35-74(56,57)58)19-22-68-27-30-72-32-31-69-24-23-65-5)9-6-10-48-51(4,16-21-67-26-29-71-34-33-70-28-25-66-20-15-49(54)55)45-39-42(76(62,63)64)12-14-46(45)53(48)18-8-36-75(59,60)61/h6,9-14,37-39H,7-8,15-36H2,1-5H3,(H3-,54,55,56,57,58,59,60,61,62,63,64)/p+1. The van der Waals surface area contributed by atoms with E-state index in [0.717, 1.165) is 16.5 Å². The highest BCUT2D eigenvalue weighted by molar-refractivity contribution is 7.86. The van der Waals surface area contributed by atoms with Gasteiger partial charge in [0.25, 0.3) is 30.4 Å². The van der Waals surface area contributed by atoms with Gasteiger partial charge in [-0.15, -0.1) is 0 Å². The topological polar surface area (TPSA) is 294 Å². The van der Waals surface area contributed by atoms with E-state index in [2.05, 4.69) is 20.8 Å². The zero-order valence-electron chi connectivity index (χ0n) is 44.2. The van der Waals surface area contributed by atoms with Gasteiger partial charge in [-0.25, -0.2) is 4.58 Å². The van der Waals surface area contributed by atoms with Crippen LogP contribution in [0.3, 0.4) is 0 Å². The maximum Gasteiger partial charge on any atom is 0.305 e. The van der Waals surface area contributed by atoms with Crippen LogP contribution in [0.1, 0.15) is 70.3 Å². The van der Waals surface area contributed by atoms with Gasteiger partial charge in [0.15, 0.2) is 6.54 Å². The van der Waals surface area contributed by atoms with Gasteiger partial charge in [0.05, 0.1) is 115 Å². The van der Waals surface area contributed by atoms with Crippen molar-refractivity contribution < 1.29 is 91.1 Å². The highest BCUT2D eigenvalue weighted by Crippen LogP contribution is 2.51. The van der Waals surface area contributed by atoms with Gasteiger partial charge in [-0.1, -0.05) is 26.8 Å². The van der Waals surface area contributed by atoms with E-state index in [4.69, 9.17) is 47.4 Å². The van der Waals surface area contributed by atoms with Crippen LogP contribution in [0.5, 0.6) is 0 Å². The van der Waals surface area contributed by atoms with Gasteiger partial charge in [0.1, 0.15) is 24.7 Å². The van der Waals surface area contributed by atoms with Crippen LogP contribution in [0.15, 0.2) is 69.6 Å². The minimum Gasteiger partial charge on any atom is -0.481 e. The number of rotatable bonds is 38. The summed E-state index contributed by atoms with van der Waals surface area (Å²) in [6.45, 7) is 13.5. The van der Waals surface area contributed by atoms with E-state index in [0.29, 0.717) is 87.7 Å². The third kappa shape index (κ3) is 22.6. The molecule has 0 radical (unpaired) electrons. The second kappa shape index (κ2) is 31.4. The lowest BCUT2D eigenvalue weighted by molar-refractivity contribution is -0.138. The van der Waals surface area contributed by atoms with Crippen LogP contribution >= 0.6 is 0 Å². The van der Waals surface area contributed by atoms with E-state index in [1.54, 1.807) is 25.3 Å². The molecule has 76 heavy (non-hydrogen) atoms. The molecule has 1 unspecified atom stereocenters. The average molecular weight is 1130 g/mol. The van der Waals surface area contributed by atoms with Crippen LogP contribution in [-0.4, -0.2) is 187 Å². The molecule has 25 heteroatoms. The predicted octanol–water partition coefficient (Wildman–Crippen LogP) is 4.56. The van der Waals surface area contributed by atoms with Crippen LogP contribution in [0, 0.1) is 0 Å². The summed E-state index contributed by atoms with van der Waals surface area (Å²) in [6, 6.07) is 11.9. The van der Waals surface area contributed by atoms with Gasteiger partial charge in [-0.3, -0.25) is 18.5 Å². The van der Waals surface area contributed by atoms with Crippen molar-refractivity contribution in [3.63, 3.8) is 0 Å².